The summed E-state index contributed by atoms with van der Waals surface area (Å²) in [5.74, 6) is 1.15. The van der Waals surface area contributed by atoms with E-state index in [0.717, 1.165) is 0 Å². The maximum absolute atomic E-state index is 5.51. The average Bonchev–Trinajstić information content (AvgIpc) is 2.67. The second-order valence-electron chi connectivity index (χ2n) is 3.49. The fraction of sp³-hybridized carbons (Fsp3) is 0.500. The molecule has 1 heterocycles. The topological polar surface area (TPSA) is 63.8 Å². The molecule has 1 aliphatic rings. The zero-order valence-electron chi connectivity index (χ0n) is 7.04. The van der Waals surface area contributed by atoms with E-state index in [1.54, 1.807) is 12.3 Å². The van der Waals surface area contributed by atoms with E-state index in [2.05, 4.69) is 22.2 Å². The van der Waals surface area contributed by atoms with E-state index in [4.69, 9.17) is 5.73 Å². The van der Waals surface area contributed by atoms with Crippen LogP contribution in [0.4, 0.5) is 11.8 Å². The number of nitrogen functional groups attached to an aromatic ring is 1. The van der Waals surface area contributed by atoms with E-state index in [1.165, 1.54) is 12.8 Å². The Morgan fingerprint density at radius 1 is 1.58 bits per heavy atom. The summed E-state index contributed by atoms with van der Waals surface area (Å²) < 4.78 is 0. The molecule has 64 valence electrons. The highest BCUT2D eigenvalue weighted by Crippen LogP contribution is 2.37. The minimum absolute atomic E-state index is 0.216. The Hall–Kier alpha value is -1.32. The SMILES string of the molecule is CC1(Nc2nccc(N)n2)CC1. The summed E-state index contributed by atoms with van der Waals surface area (Å²) in [5, 5.41) is 3.23. The lowest BCUT2D eigenvalue weighted by atomic mass is 10.3. The van der Waals surface area contributed by atoms with Gasteiger partial charge in [0, 0.05) is 11.7 Å². The van der Waals surface area contributed by atoms with Gasteiger partial charge in [0.25, 0.3) is 0 Å². The number of nitrogens with zero attached hydrogens (tertiary/aromatic N) is 2. The number of nitrogens with one attached hydrogen (secondary N) is 1. The number of aromatic nitrogens is 2. The third-order valence-electron chi connectivity index (χ3n) is 2.09. The van der Waals surface area contributed by atoms with Crippen LogP contribution in [0.25, 0.3) is 0 Å². The van der Waals surface area contributed by atoms with Crippen LogP contribution in [-0.2, 0) is 0 Å². The molecule has 1 saturated carbocycles. The minimum Gasteiger partial charge on any atom is -0.384 e. The van der Waals surface area contributed by atoms with Crippen molar-refractivity contribution in [1.82, 2.24) is 9.97 Å². The molecular weight excluding hydrogens is 152 g/mol. The van der Waals surface area contributed by atoms with Gasteiger partial charge in [-0.3, -0.25) is 0 Å². The second-order valence-corrected chi connectivity index (χ2v) is 3.49. The minimum atomic E-state index is 0.216. The molecule has 3 N–H and O–H groups in total. The third-order valence-corrected chi connectivity index (χ3v) is 2.09. The second kappa shape index (κ2) is 2.33. The van der Waals surface area contributed by atoms with E-state index in [9.17, 15) is 0 Å². The van der Waals surface area contributed by atoms with Crippen molar-refractivity contribution in [3.05, 3.63) is 12.3 Å². The van der Waals surface area contributed by atoms with Gasteiger partial charge < -0.3 is 11.1 Å². The fourth-order valence-corrected chi connectivity index (χ4v) is 1.02. The van der Waals surface area contributed by atoms with Crippen molar-refractivity contribution >= 4 is 11.8 Å². The van der Waals surface area contributed by atoms with Gasteiger partial charge in [0.2, 0.25) is 5.95 Å². The first kappa shape index (κ1) is 7.34. The predicted octanol–water partition coefficient (Wildman–Crippen LogP) is 1.02. The summed E-state index contributed by atoms with van der Waals surface area (Å²) in [6.45, 7) is 2.15. The molecule has 1 aromatic heterocycles. The summed E-state index contributed by atoms with van der Waals surface area (Å²) in [4.78, 5) is 8.12. The zero-order chi connectivity index (χ0) is 8.60. The third kappa shape index (κ3) is 1.47. The van der Waals surface area contributed by atoms with Crippen molar-refractivity contribution in [2.75, 3.05) is 11.1 Å². The number of nitrogens with two attached hydrogens (primary N) is 1. The van der Waals surface area contributed by atoms with E-state index in [1.807, 2.05) is 0 Å². The maximum Gasteiger partial charge on any atom is 0.225 e. The van der Waals surface area contributed by atoms with Crippen molar-refractivity contribution in [1.29, 1.82) is 0 Å². The maximum atomic E-state index is 5.51. The van der Waals surface area contributed by atoms with Crippen LogP contribution in [-0.4, -0.2) is 15.5 Å². The van der Waals surface area contributed by atoms with Gasteiger partial charge in [0.15, 0.2) is 0 Å². The summed E-state index contributed by atoms with van der Waals surface area (Å²) in [6, 6.07) is 1.68. The molecule has 0 spiro atoms. The Morgan fingerprint density at radius 3 is 2.92 bits per heavy atom. The van der Waals surface area contributed by atoms with Crippen molar-refractivity contribution in [3.8, 4) is 0 Å². The standard InChI is InChI=1S/C8H12N4/c1-8(3-4-8)12-7-10-5-2-6(9)11-7/h2,5H,3-4H2,1H3,(H3,9,10,11,12). The summed E-state index contributed by atoms with van der Waals surface area (Å²) in [7, 11) is 0. The van der Waals surface area contributed by atoms with E-state index >= 15 is 0 Å². The van der Waals surface area contributed by atoms with Crippen molar-refractivity contribution in [2.45, 2.75) is 25.3 Å². The lowest BCUT2D eigenvalue weighted by molar-refractivity contribution is 0.810. The molecule has 4 heteroatoms. The van der Waals surface area contributed by atoms with Gasteiger partial charge in [-0.2, -0.15) is 4.98 Å². The molecule has 1 aromatic rings. The highest BCUT2D eigenvalue weighted by atomic mass is 15.2. The van der Waals surface area contributed by atoms with Gasteiger partial charge in [0.1, 0.15) is 5.82 Å². The Balaban J connectivity index is 2.12. The molecule has 2 rings (SSSR count). The summed E-state index contributed by atoms with van der Waals surface area (Å²) in [5.41, 5.74) is 5.72. The van der Waals surface area contributed by atoms with Gasteiger partial charge in [-0.25, -0.2) is 4.98 Å². The van der Waals surface area contributed by atoms with Crippen molar-refractivity contribution in [2.24, 2.45) is 0 Å². The smallest absolute Gasteiger partial charge is 0.225 e. The van der Waals surface area contributed by atoms with E-state index in [-0.39, 0.29) is 5.54 Å². The van der Waals surface area contributed by atoms with E-state index in [0.29, 0.717) is 11.8 Å². The Kier molecular flexibility index (Phi) is 1.43. The van der Waals surface area contributed by atoms with Gasteiger partial charge in [-0.05, 0) is 25.8 Å². The highest BCUT2D eigenvalue weighted by Gasteiger charge is 2.37. The molecule has 0 aromatic carbocycles. The first-order valence-corrected chi connectivity index (χ1v) is 4.05. The molecule has 0 unspecified atom stereocenters. The van der Waals surface area contributed by atoms with Crippen LogP contribution in [0.15, 0.2) is 12.3 Å². The van der Waals surface area contributed by atoms with Gasteiger partial charge in [-0.1, -0.05) is 0 Å². The molecule has 0 bridgehead atoms. The lowest BCUT2D eigenvalue weighted by Gasteiger charge is -2.10. The van der Waals surface area contributed by atoms with Crippen LogP contribution in [0.5, 0.6) is 0 Å². The summed E-state index contributed by atoms with van der Waals surface area (Å²) >= 11 is 0. The highest BCUT2D eigenvalue weighted by molar-refractivity contribution is 5.38. The average molecular weight is 164 g/mol. The molecule has 1 fully saturated rings. The van der Waals surface area contributed by atoms with Crippen LogP contribution < -0.4 is 11.1 Å². The van der Waals surface area contributed by atoms with Gasteiger partial charge in [-0.15, -0.1) is 0 Å². The molecule has 0 atom stereocenters. The first-order chi connectivity index (χ1) is 5.68. The molecule has 0 aliphatic heterocycles. The normalized spacial score (nSPS) is 18.8. The molecule has 0 radical (unpaired) electrons. The van der Waals surface area contributed by atoms with Crippen LogP contribution >= 0.6 is 0 Å². The molecule has 1 aliphatic carbocycles. The molecule has 12 heavy (non-hydrogen) atoms. The van der Waals surface area contributed by atoms with Crippen LogP contribution in [0.2, 0.25) is 0 Å². The number of rotatable bonds is 2. The number of anilines is 2. The Bertz CT molecular complexity index is 293. The molecule has 0 amide bonds. The monoisotopic (exact) mass is 164 g/mol. The number of hydrogen-bond acceptors (Lipinski definition) is 4. The quantitative estimate of drug-likeness (QED) is 0.685. The molecule has 0 saturated heterocycles. The van der Waals surface area contributed by atoms with Crippen molar-refractivity contribution in [3.63, 3.8) is 0 Å². The molecule has 4 nitrogen and oxygen atoms in total. The Labute approximate surface area is 71.2 Å². The van der Waals surface area contributed by atoms with E-state index < -0.39 is 0 Å². The Morgan fingerprint density at radius 2 is 2.33 bits per heavy atom. The van der Waals surface area contributed by atoms with Crippen LogP contribution in [0.3, 0.4) is 0 Å². The first-order valence-electron chi connectivity index (χ1n) is 4.05. The lowest BCUT2D eigenvalue weighted by Crippen LogP contribution is -2.18. The predicted molar refractivity (Wildman–Crippen MR) is 47.7 cm³/mol. The fourth-order valence-electron chi connectivity index (χ4n) is 1.02. The number of hydrogen-bond donors (Lipinski definition) is 2. The van der Waals surface area contributed by atoms with Crippen LogP contribution in [0.1, 0.15) is 19.8 Å². The summed E-state index contributed by atoms with van der Waals surface area (Å²) in [6.07, 6.45) is 4.03. The van der Waals surface area contributed by atoms with Crippen molar-refractivity contribution < 1.29 is 0 Å². The van der Waals surface area contributed by atoms with Gasteiger partial charge >= 0.3 is 0 Å². The molecular formula is C8H12N4. The zero-order valence-corrected chi connectivity index (χ0v) is 7.04. The van der Waals surface area contributed by atoms with Crippen LogP contribution in [0, 0.1) is 0 Å². The largest absolute Gasteiger partial charge is 0.384 e. The van der Waals surface area contributed by atoms with Gasteiger partial charge in [0.05, 0.1) is 0 Å².